The van der Waals surface area contributed by atoms with Gasteiger partial charge in [0.15, 0.2) is 10.8 Å². The molecule has 1 aliphatic rings. The van der Waals surface area contributed by atoms with Crippen LogP contribution in [0, 0.1) is 6.92 Å². The monoisotopic (exact) mass is 247 g/mol. The molecular formula is C12H13N3OS. The number of nitrogens with zero attached hydrogens (tertiary/aromatic N) is 3. The molecule has 0 bridgehead atoms. The molecule has 0 fully saturated rings. The lowest BCUT2D eigenvalue weighted by atomic mass is 10.0. The topological polar surface area (TPSA) is 58.9 Å². The third-order valence-corrected chi connectivity index (χ3v) is 4.02. The number of fused-ring (bicyclic) bond motifs is 1. The molecule has 4 nitrogen and oxygen atoms in total. The number of aliphatic hydroxyl groups excluding tert-OH is 1. The van der Waals surface area contributed by atoms with Crippen LogP contribution in [-0.4, -0.2) is 20.1 Å². The molecule has 1 unspecified atom stereocenters. The molecule has 0 aliphatic heterocycles. The molecule has 3 rings (SSSR count). The molecule has 2 aromatic rings. The average Bonchev–Trinajstić information content (AvgIpc) is 2.75. The Hall–Kier alpha value is -1.33. The molecule has 0 amide bonds. The first-order valence-electron chi connectivity index (χ1n) is 5.71. The molecule has 0 aromatic carbocycles. The van der Waals surface area contributed by atoms with Crippen molar-refractivity contribution in [3.8, 4) is 10.8 Å². The third kappa shape index (κ3) is 1.96. The van der Waals surface area contributed by atoms with E-state index in [2.05, 4.69) is 15.0 Å². The van der Waals surface area contributed by atoms with E-state index in [1.54, 1.807) is 23.7 Å². The Bertz CT molecular complexity index is 535. The van der Waals surface area contributed by atoms with Gasteiger partial charge in [-0.2, -0.15) is 0 Å². The Morgan fingerprint density at radius 3 is 2.82 bits per heavy atom. The summed E-state index contributed by atoms with van der Waals surface area (Å²) in [5.74, 6) is 0.655. The first-order chi connectivity index (χ1) is 8.24. The fraction of sp³-hybridized carbons (Fsp3) is 0.417. The Morgan fingerprint density at radius 1 is 1.35 bits per heavy atom. The predicted molar refractivity (Wildman–Crippen MR) is 65.8 cm³/mol. The van der Waals surface area contributed by atoms with E-state index >= 15 is 0 Å². The molecule has 2 aromatic heterocycles. The van der Waals surface area contributed by atoms with Crippen LogP contribution in [0.5, 0.6) is 0 Å². The van der Waals surface area contributed by atoms with Gasteiger partial charge < -0.3 is 5.11 Å². The van der Waals surface area contributed by atoms with Gasteiger partial charge in [-0.25, -0.2) is 15.0 Å². The minimum Gasteiger partial charge on any atom is -0.387 e. The number of thiazole rings is 1. The molecular weight excluding hydrogens is 234 g/mol. The van der Waals surface area contributed by atoms with E-state index < -0.39 is 6.10 Å². The van der Waals surface area contributed by atoms with Gasteiger partial charge in [0.1, 0.15) is 0 Å². The van der Waals surface area contributed by atoms with Gasteiger partial charge in [0.25, 0.3) is 0 Å². The second-order valence-corrected chi connectivity index (χ2v) is 5.40. The molecule has 0 saturated carbocycles. The van der Waals surface area contributed by atoms with Crippen molar-refractivity contribution in [2.45, 2.75) is 32.3 Å². The maximum atomic E-state index is 9.87. The third-order valence-electron chi connectivity index (χ3n) is 2.90. The second-order valence-electron chi connectivity index (χ2n) is 4.32. The van der Waals surface area contributed by atoms with E-state index in [1.807, 2.05) is 6.92 Å². The second kappa shape index (κ2) is 4.16. The van der Waals surface area contributed by atoms with E-state index in [-0.39, 0.29) is 0 Å². The maximum absolute atomic E-state index is 9.87. The zero-order valence-electron chi connectivity index (χ0n) is 9.55. The highest BCUT2D eigenvalue weighted by Crippen LogP contribution is 2.35. The molecule has 1 N–H and O–H groups in total. The number of aliphatic hydroxyl groups is 1. The van der Waals surface area contributed by atoms with E-state index in [4.69, 9.17) is 0 Å². The van der Waals surface area contributed by atoms with Gasteiger partial charge in [-0.3, -0.25) is 0 Å². The molecule has 5 heteroatoms. The zero-order chi connectivity index (χ0) is 11.8. The Morgan fingerprint density at radius 2 is 2.12 bits per heavy atom. The first-order valence-corrected chi connectivity index (χ1v) is 6.52. The highest BCUT2D eigenvalue weighted by atomic mass is 32.1. The Labute approximate surface area is 103 Å². The number of hydrogen-bond acceptors (Lipinski definition) is 5. The minimum absolute atomic E-state index is 0.408. The van der Waals surface area contributed by atoms with Crippen molar-refractivity contribution < 1.29 is 5.11 Å². The lowest BCUT2D eigenvalue weighted by molar-refractivity contribution is 0.153. The molecule has 88 valence electrons. The smallest absolute Gasteiger partial charge is 0.188 e. The summed E-state index contributed by atoms with van der Waals surface area (Å²) in [6, 6.07) is 0. The highest BCUT2D eigenvalue weighted by Gasteiger charge is 2.23. The fourth-order valence-corrected chi connectivity index (χ4v) is 3.10. The van der Waals surface area contributed by atoms with Gasteiger partial charge >= 0.3 is 0 Å². The summed E-state index contributed by atoms with van der Waals surface area (Å²) < 4.78 is 0. The summed E-state index contributed by atoms with van der Waals surface area (Å²) >= 11 is 1.60. The number of aryl methyl sites for hydroxylation is 2. The van der Waals surface area contributed by atoms with Gasteiger partial charge in [-0.05, 0) is 31.7 Å². The summed E-state index contributed by atoms with van der Waals surface area (Å²) in [4.78, 5) is 14.2. The number of aromatic nitrogens is 3. The Balaban J connectivity index is 2.02. The summed E-state index contributed by atoms with van der Waals surface area (Å²) in [6.07, 6.45) is 6.03. The standard InChI is InChI=1S/C12H13N3OS/c1-7-5-13-11(14-6-7)12-15-10-8(16)3-2-4-9(10)17-12/h5-6,8,16H,2-4H2,1H3. The first kappa shape index (κ1) is 10.8. The van der Waals surface area contributed by atoms with Crippen LogP contribution in [0.3, 0.4) is 0 Å². The van der Waals surface area contributed by atoms with Crippen LogP contribution in [0.1, 0.15) is 35.1 Å². The van der Waals surface area contributed by atoms with Crippen molar-refractivity contribution in [2.75, 3.05) is 0 Å². The lowest BCUT2D eigenvalue weighted by Gasteiger charge is -2.14. The number of hydrogen-bond donors (Lipinski definition) is 1. The highest BCUT2D eigenvalue weighted by molar-refractivity contribution is 7.15. The molecule has 0 radical (unpaired) electrons. The summed E-state index contributed by atoms with van der Waals surface area (Å²) in [5.41, 5.74) is 1.87. The summed E-state index contributed by atoms with van der Waals surface area (Å²) in [6.45, 7) is 1.96. The van der Waals surface area contributed by atoms with Crippen molar-refractivity contribution in [3.63, 3.8) is 0 Å². The van der Waals surface area contributed by atoms with E-state index in [9.17, 15) is 5.11 Å². The van der Waals surface area contributed by atoms with Crippen LogP contribution in [-0.2, 0) is 6.42 Å². The molecule has 1 atom stereocenters. The molecule has 0 saturated heterocycles. The molecule has 17 heavy (non-hydrogen) atoms. The van der Waals surface area contributed by atoms with E-state index in [0.29, 0.717) is 5.82 Å². The van der Waals surface area contributed by atoms with Crippen LogP contribution >= 0.6 is 11.3 Å². The van der Waals surface area contributed by atoms with Crippen molar-refractivity contribution in [1.82, 2.24) is 15.0 Å². The van der Waals surface area contributed by atoms with E-state index in [0.717, 1.165) is 35.5 Å². The van der Waals surface area contributed by atoms with Crippen LogP contribution < -0.4 is 0 Å². The van der Waals surface area contributed by atoms with Gasteiger partial charge in [0.2, 0.25) is 0 Å². The van der Waals surface area contributed by atoms with Crippen molar-refractivity contribution in [1.29, 1.82) is 0 Å². The molecule has 2 heterocycles. The van der Waals surface area contributed by atoms with E-state index in [1.165, 1.54) is 4.88 Å². The number of rotatable bonds is 1. The van der Waals surface area contributed by atoms with Crippen LogP contribution in [0.15, 0.2) is 12.4 Å². The van der Waals surface area contributed by atoms with Crippen molar-refractivity contribution in [2.24, 2.45) is 0 Å². The van der Waals surface area contributed by atoms with Crippen molar-refractivity contribution >= 4 is 11.3 Å². The maximum Gasteiger partial charge on any atom is 0.188 e. The molecule has 1 aliphatic carbocycles. The Kier molecular flexibility index (Phi) is 2.64. The summed E-state index contributed by atoms with van der Waals surface area (Å²) in [7, 11) is 0. The predicted octanol–water partition coefficient (Wildman–Crippen LogP) is 2.28. The fourth-order valence-electron chi connectivity index (χ4n) is 1.99. The average molecular weight is 247 g/mol. The quantitative estimate of drug-likeness (QED) is 0.840. The van der Waals surface area contributed by atoms with Gasteiger partial charge in [-0.1, -0.05) is 0 Å². The van der Waals surface area contributed by atoms with Crippen LogP contribution in [0.2, 0.25) is 0 Å². The van der Waals surface area contributed by atoms with Gasteiger partial charge in [0, 0.05) is 17.3 Å². The van der Waals surface area contributed by atoms with Gasteiger partial charge in [-0.15, -0.1) is 11.3 Å². The van der Waals surface area contributed by atoms with Crippen molar-refractivity contribution in [3.05, 3.63) is 28.5 Å². The minimum atomic E-state index is -0.408. The largest absolute Gasteiger partial charge is 0.387 e. The van der Waals surface area contributed by atoms with Crippen LogP contribution in [0.4, 0.5) is 0 Å². The normalized spacial score (nSPS) is 19.1. The molecule has 0 spiro atoms. The van der Waals surface area contributed by atoms with Crippen LogP contribution in [0.25, 0.3) is 10.8 Å². The zero-order valence-corrected chi connectivity index (χ0v) is 10.4. The summed E-state index contributed by atoms with van der Waals surface area (Å²) in [5, 5.41) is 10.7. The van der Waals surface area contributed by atoms with Gasteiger partial charge in [0.05, 0.1) is 11.8 Å². The SMILES string of the molecule is Cc1cnc(-c2nc3c(s2)CCCC3O)nc1. The lowest BCUT2D eigenvalue weighted by Crippen LogP contribution is -2.07.